The smallest absolute Gasteiger partial charge is 0.447 e. The van der Waals surface area contributed by atoms with Gasteiger partial charge in [0.15, 0.2) is 37.9 Å². The van der Waals surface area contributed by atoms with E-state index in [9.17, 15) is 17.3 Å². The van der Waals surface area contributed by atoms with E-state index in [1.165, 1.54) is 22.3 Å². The molecule has 10 heteroatoms. The fourth-order valence-electron chi connectivity index (χ4n) is 3.10. The highest BCUT2D eigenvalue weighted by Gasteiger charge is 2.07. The van der Waals surface area contributed by atoms with Gasteiger partial charge in [-0.3, -0.25) is 0 Å². The van der Waals surface area contributed by atoms with Gasteiger partial charge in [0, 0.05) is 35.4 Å². The van der Waals surface area contributed by atoms with Gasteiger partial charge < -0.3 is 27.3 Å². The summed E-state index contributed by atoms with van der Waals surface area (Å²) in [5, 5.41) is 16.4. The maximum Gasteiger partial charge on any atom is 0.447 e. The normalized spacial score (nSPS) is 9.71. The van der Waals surface area contributed by atoms with Crippen LogP contribution in [0.4, 0.5) is 17.3 Å². The Kier molecular flexibility index (Phi) is 11.5. The Labute approximate surface area is 196 Å². The summed E-state index contributed by atoms with van der Waals surface area (Å²) >= 11 is 0. The van der Waals surface area contributed by atoms with Crippen molar-refractivity contribution in [3.05, 3.63) is 121 Å². The second-order valence-corrected chi connectivity index (χ2v) is 7.01. The van der Waals surface area contributed by atoms with Crippen LogP contribution in [0.3, 0.4) is 0 Å². The molecule has 0 saturated heterocycles. The van der Waals surface area contributed by atoms with Crippen LogP contribution < -0.4 is 19.2 Å². The van der Waals surface area contributed by atoms with Gasteiger partial charge in [0.25, 0.3) is 0 Å². The van der Waals surface area contributed by atoms with E-state index in [4.69, 9.17) is 10.0 Å². The summed E-state index contributed by atoms with van der Waals surface area (Å²) in [4.78, 5) is 0. The number of halogens is 4. The van der Waals surface area contributed by atoms with E-state index < -0.39 is 14.9 Å². The van der Waals surface area contributed by atoms with Crippen LogP contribution in [0, 0.1) is 0 Å². The monoisotopic (exact) mass is 468 g/mol. The Morgan fingerprint density at radius 1 is 0.500 bits per heavy atom. The van der Waals surface area contributed by atoms with Gasteiger partial charge in [0.1, 0.15) is 0 Å². The zero-order chi connectivity index (χ0) is 24.8. The Morgan fingerprint density at radius 3 is 1.03 bits per heavy atom. The predicted molar refractivity (Wildman–Crippen MR) is 119 cm³/mol. The molecule has 0 radical (unpaired) electrons. The molecule has 0 unspecified atom stereocenters. The second-order valence-electron chi connectivity index (χ2n) is 7.01. The van der Waals surface area contributed by atoms with E-state index in [1.54, 1.807) is 0 Å². The largest absolute Gasteiger partial charge is 0.824 e. The van der Waals surface area contributed by atoms with Crippen LogP contribution in [-0.4, -0.2) is 14.9 Å². The van der Waals surface area contributed by atoms with Crippen LogP contribution in [0.1, 0.15) is 11.1 Å². The summed E-state index contributed by atoms with van der Waals surface area (Å²) in [6, 6.07) is 29.8. The van der Waals surface area contributed by atoms with Crippen molar-refractivity contribution in [2.45, 2.75) is 13.1 Å². The molecule has 4 aromatic rings. The minimum Gasteiger partial charge on any atom is -0.824 e. The van der Waals surface area contributed by atoms with Crippen LogP contribution in [0.25, 0.3) is 11.1 Å². The first-order valence-electron chi connectivity index (χ1n) is 10.3. The summed E-state index contributed by atoms with van der Waals surface area (Å²) in [5.74, 6) is 0. The minimum absolute atomic E-state index is 0.896. The SMILES string of the molecule is [O-]B(F)F.[O-]B(F)F.c1ccc(C[n+]2ccc(-c3cc[n+](Cc4ccccc4)cc3)cc2)cc1. The molecule has 0 amide bonds. The predicted octanol–water partition coefficient (Wildman–Crippen LogP) is 2.57. The molecule has 2 aromatic carbocycles. The Bertz CT molecular complexity index is 979. The van der Waals surface area contributed by atoms with Crippen LogP contribution in [0.15, 0.2) is 110 Å². The highest BCUT2D eigenvalue weighted by molar-refractivity contribution is 6.30. The van der Waals surface area contributed by atoms with Crippen LogP contribution in [0.2, 0.25) is 0 Å². The number of rotatable bonds is 5. The van der Waals surface area contributed by atoms with Gasteiger partial charge >= 0.3 is 14.9 Å². The molecule has 174 valence electrons. The first-order chi connectivity index (χ1) is 16.3. The molecule has 0 fully saturated rings. The molecule has 0 aliphatic heterocycles. The quantitative estimate of drug-likeness (QED) is 0.257. The first kappa shape index (κ1) is 26.8. The number of hydrogen-bond acceptors (Lipinski definition) is 2. The molecule has 2 heterocycles. The van der Waals surface area contributed by atoms with Gasteiger partial charge in [-0.15, -0.1) is 0 Å². The molecule has 34 heavy (non-hydrogen) atoms. The van der Waals surface area contributed by atoms with Gasteiger partial charge in [0.05, 0.1) is 0 Å². The lowest BCUT2D eigenvalue weighted by atomic mass is 10.1. The Hall–Kier alpha value is -3.49. The first-order valence-corrected chi connectivity index (χ1v) is 10.3. The van der Waals surface area contributed by atoms with Crippen molar-refractivity contribution in [2.24, 2.45) is 0 Å². The Morgan fingerprint density at radius 2 is 0.765 bits per heavy atom. The number of benzene rings is 2. The topological polar surface area (TPSA) is 53.9 Å². The maximum absolute atomic E-state index is 9.78. The van der Waals surface area contributed by atoms with Crippen molar-refractivity contribution in [1.82, 2.24) is 0 Å². The standard InChI is InChI=1S/C24H22N2.2BF2O/c1-3-7-21(8-4-1)19-25-15-11-23(12-16-25)24-13-17-26(18-14-24)20-22-9-5-2-6-10-22;2*2-1(3)4/h1-18H,19-20H2;;/q+2;2*-1. The summed E-state index contributed by atoms with van der Waals surface area (Å²) in [6.07, 6.45) is 8.58. The molecule has 0 spiro atoms. The van der Waals surface area contributed by atoms with E-state index in [1.807, 2.05) is 0 Å². The van der Waals surface area contributed by atoms with E-state index in [0.717, 1.165) is 13.1 Å². The summed E-state index contributed by atoms with van der Waals surface area (Å²) in [7, 11) is -6.83. The lowest BCUT2D eigenvalue weighted by Gasteiger charge is -2.02. The molecule has 0 saturated carbocycles. The molecule has 2 aromatic heterocycles. The molecule has 0 atom stereocenters. The van der Waals surface area contributed by atoms with Gasteiger partial charge in [-0.2, -0.15) is 0 Å². The van der Waals surface area contributed by atoms with E-state index >= 15 is 0 Å². The van der Waals surface area contributed by atoms with Crippen molar-refractivity contribution in [1.29, 1.82) is 0 Å². The second kappa shape index (κ2) is 14.6. The molecular weight excluding hydrogens is 446 g/mol. The lowest BCUT2D eigenvalue weighted by Crippen LogP contribution is -2.33. The molecule has 0 aliphatic carbocycles. The third-order valence-electron chi connectivity index (χ3n) is 4.53. The van der Waals surface area contributed by atoms with Gasteiger partial charge in [0.2, 0.25) is 0 Å². The van der Waals surface area contributed by atoms with Gasteiger partial charge in [-0.05, 0) is 11.1 Å². The molecule has 4 rings (SSSR count). The molecular formula is C24H22B2F4N2O2. The molecule has 0 bridgehead atoms. The third-order valence-corrected chi connectivity index (χ3v) is 4.53. The summed E-state index contributed by atoms with van der Waals surface area (Å²) in [6.45, 7) is 1.79. The number of aromatic nitrogens is 2. The van der Waals surface area contributed by atoms with Gasteiger partial charge in [-0.25, -0.2) is 9.13 Å². The summed E-state index contributed by atoms with van der Waals surface area (Å²) in [5.41, 5.74) is 5.10. The Balaban J connectivity index is 0.000000446. The fraction of sp³-hybridized carbons (Fsp3) is 0.0833. The zero-order valence-corrected chi connectivity index (χ0v) is 18.2. The fourth-order valence-corrected chi connectivity index (χ4v) is 3.10. The zero-order valence-electron chi connectivity index (χ0n) is 18.2. The van der Waals surface area contributed by atoms with E-state index in [2.05, 4.69) is 119 Å². The van der Waals surface area contributed by atoms with Crippen molar-refractivity contribution >= 4 is 14.9 Å². The number of nitrogens with zero attached hydrogens (tertiary/aromatic N) is 2. The molecule has 0 aliphatic rings. The van der Waals surface area contributed by atoms with Crippen LogP contribution >= 0.6 is 0 Å². The van der Waals surface area contributed by atoms with Gasteiger partial charge in [-0.1, -0.05) is 60.7 Å². The van der Waals surface area contributed by atoms with E-state index in [0.29, 0.717) is 0 Å². The van der Waals surface area contributed by atoms with Crippen molar-refractivity contribution in [3.63, 3.8) is 0 Å². The summed E-state index contributed by atoms with van der Waals surface area (Å²) < 4.78 is 43.5. The number of hydrogen-bond donors (Lipinski definition) is 0. The van der Waals surface area contributed by atoms with Crippen molar-refractivity contribution in [2.75, 3.05) is 0 Å². The average molecular weight is 468 g/mol. The highest BCUT2D eigenvalue weighted by atomic mass is 19.2. The van der Waals surface area contributed by atoms with Crippen LogP contribution in [0.5, 0.6) is 0 Å². The average Bonchev–Trinajstić information content (AvgIpc) is 2.81. The lowest BCUT2D eigenvalue weighted by molar-refractivity contribution is -0.688. The third kappa shape index (κ3) is 10.9. The minimum atomic E-state index is -3.42. The van der Waals surface area contributed by atoms with Crippen molar-refractivity contribution in [3.8, 4) is 11.1 Å². The van der Waals surface area contributed by atoms with E-state index in [-0.39, 0.29) is 0 Å². The number of pyridine rings is 2. The maximum atomic E-state index is 9.78. The van der Waals surface area contributed by atoms with Crippen LogP contribution in [-0.2, 0) is 13.1 Å². The molecule has 0 N–H and O–H groups in total. The highest BCUT2D eigenvalue weighted by Crippen LogP contribution is 2.15. The molecule has 4 nitrogen and oxygen atoms in total. The van der Waals surface area contributed by atoms with Crippen molar-refractivity contribution < 1.29 is 36.4 Å².